The van der Waals surface area contributed by atoms with Crippen LogP contribution in [0.3, 0.4) is 0 Å². The van der Waals surface area contributed by atoms with Gasteiger partial charge in [-0.3, -0.25) is 0 Å². The number of aryl methyl sites for hydroxylation is 2. The van der Waals surface area contributed by atoms with Crippen molar-refractivity contribution in [2.45, 2.75) is 52.6 Å². The fourth-order valence-electron chi connectivity index (χ4n) is 2.39. The lowest BCUT2D eigenvalue weighted by molar-refractivity contribution is 0.218. The first-order valence-corrected chi connectivity index (χ1v) is 7.44. The molecular weight excluding hydrogens is 260 g/mol. The molecule has 1 unspecified atom stereocenters. The molecule has 0 radical (unpaired) electrons. The second-order valence-corrected chi connectivity index (χ2v) is 6.52. The van der Waals surface area contributed by atoms with Gasteiger partial charge in [-0.1, -0.05) is 52.0 Å². The summed E-state index contributed by atoms with van der Waals surface area (Å²) in [5, 5.41) is 18.9. The van der Waals surface area contributed by atoms with Gasteiger partial charge in [-0.15, -0.1) is 0 Å². The molecule has 1 heterocycles. The van der Waals surface area contributed by atoms with Crippen LogP contribution in [-0.4, -0.2) is 15.3 Å². The maximum atomic E-state index is 10.7. The van der Waals surface area contributed by atoms with Gasteiger partial charge in [0.1, 0.15) is 6.10 Å². The van der Waals surface area contributed by atoms with Crippen LogP contribution in [0.2, 0.25) is 0 Å². The van der Waals surface area contributed by atoms with Gasteiger partial charge in [-0.05, 0) is 36.0 Å². The molecule has 112 valence electrons. The average Bonchev–Trinajstić information content (AvgIpc) is 2.45. The molecule has 1 atom stereocenters. The summed E-state index contributed by atoms with van der Waals surface area (Å²) in [5.74, 6) is 0. The number of aliphatic hydroxyl groups excluding tert-OH is 1. The fourth-order valence-corrected chi connectivity index (χ4v) is 2.39. The molecule has 0 amide bonds. The third kappa shape index (κ3) is 3.48. The van der Waals surface area contributed by atoms with Gasteiger partial charge in [-0.25, -0.2) is 0 Å². The zero-order valence-electron chi connectivity index (χ0n) is 13.5. The van der Waals surface area contributed by atoms with Crippen LogP contribution in [0.5, 0.6) is 0 Å². The van der Waals surface area contributed by atoms with Crippen LogP contribution < -0.4 is 0 Å². The molecule has 0 aliphatic carbocycles. The van der Waals surface area contributed by atoms with Crippen molar-refractivity contribution < 1.29 is 5.11 Å². The topological polar surface area (TPSA) is 46.0 Å². The zero-order valence-corrected chi connectivity index (χ0v) is 13.5. The van der Waals surface area contributed by atoms with E-state index in [1.165, 1.54) is 5.56 Å². The Morgan fingerprint density at radius 1 is 1.10 bits per heavy atom. The van der Waals surface area contributed by atoms with E-state index in [4.69, 9.17) is 0 Å². The molecule has 0 saturated carbocycles. The summed E-state index contributed by atoms with van der Waals surface area (Å²) in [6.45, 7) is 10.5. The molecule has 1 N–H and O–H groups in total. The van der Waals surface area contributed by atoms with Gasteiger partial charge in [-0.2, -0.15) is 10.2 Å². The van der Waals surface area contributed by atoms with Gasteiger partial charge in [0.25, 0.3) is 0 Å². The molecule has 21 heavy (non-hydrogen) atoms. The Morgan fingerprint density at radius 2 is 1.71 bits per heavy atom. The summed E-state index contributed by atoms with van der Waals surface area (Å²) in [4.78, 5) is 0. The maximum absolute atomic E-state index is 10.7. The minimum atomic E-state index is -0.650. The lowest BCUT2D eigenvalue weighted by atomic mass is 9.86. The molecular formula is C18H24N2O. The number of rotatable bonds is 3. The number of hydrogen-bond acceptors (Lipinski definition) is 3. The number of aromatic nitrogens is 2. The molecule has 0 spiro atoms. The Labute approximate surface area is 127 Å². The molecule has 3 heteroatoms. The lowest BCUT2D eigenvalue weighted by Gasteiger charge is -2.20. The van der Waals surface area contributed by atoms with Gasteiger partial charge >= 0.3 is 0 Å². The van der Waals surface area contributed by atoms with Crippen LogP contribution in [-0.2, 0) is 11.8 Å². The first-order valence-electron chi connectivity index (χ1n) is 7.44. The SMILES string of the molecule is CCc1nnc(C)cc1C(O)c1ccc(C(C)(C)C)cc1. The van der Waals surface area contributed by atoms with Gasteiger partial charge < -0.3 is 5.11 Å². The Hall–Kier alpha value is -1.74. The minimum Gasteiger partial charge on any atom is -0.384 e. The predicted octanol–water partition coefficient (Wildman–Crippen LogP) is 3.73. The molecule has 0 fully saturated rings. The minimum absolute atomic E-state index is 0.118. The smallest absolute Gasteiger partial charge is 0.106 e. The van der Waals surface area contributed by atoms with Crippen molar-refractivity contribution in [1.29, 1.82) is 0 Å². The van der Waals surface area contributed by atoms with Crippen molar-refractivity contribution in [2.24, 2.45) is 0 Å². The van der Waals surface area contributed by atoms with E-state index in [0.29, 0.717) is 0 Å². The third-order valence-electron chi connectivity index (χ3n) is 3.75. The Morgan fingerprint density at radius 3 is 2.24 bits per heavy atom. The lowest BCUT2D eigenvalue weighted by Crippen LogP contribution is -2.12. The van der Waals surface area contributed by atoms with E-state index in [1.807, 2.05) is 32.0 Å². The van der Waals surface area contributed by atoms with E-state index < -0.39 is 6.10 Å². The van der Waals surface area contributed by atoms with Crippen LogP contribution in [0.4, 0.5) is 0 Å². The average molecular weight is 284 g/mol. The van der Waals surface area contributed by atoms with E-state index in [-0.39, 0.29) is 5.41 Å². The third-order valence-corrected chi connectivity index (χ3v) is 3.75. The maximum Gasteiger partial charge on any atom is 0.106 e. The number of hydrogen-bond donors (Lipinski definition) is 1. The molecule has 0 saturated heterocycles. The van der Waals surface area contributed by atoms with Crippen LogP contribution >= 0.6 is 0 Å². The summed E-state index contributed by atoms with van der Waals surface area (Å²) in [7, 11) is 0. The summed E-state index contributed by atoms with van der Waals surface area (Å²) in [5.41, 5.74) is 4.81. The normalized spacial score (nSPS) is 13.2. The first-order chi connectivity index (χ1) is 9.82. The highest BCUT2D eigenvalue weighted by Gasteiger charge is 2.18. The number of nitrogens with zero attached hydrogens (tertiary/aromatic N) is 2. The van der Waals surface area contributed by atoms with Gasteiger partial charge in [0.05, 0.1) is 11.4 Å². The summed E-state index contributed by atoms with van der Waals surface area (Å²) in [6.07, 6.45) is 0.114. The van der Waals surface area contributed by atoms with Crippen molar-refractivity contribution in [3.05, 3.63) is 58.4 Å². The van der Waals surface area contributed by atoms with Gasteiger partial charge in [0.15, 0.2) is 0 Å². The van der Waals surface area contributed by atoms with Crippen molar-refractivity contribution in [2.75, 3.05) is 0 Å². The largest absolute Gasteiger partial charge is 0.384 e. The summed E-state index contributed by atoms with van der Waals surface area (Å²) >= 11 is 0. The highest BCUT2D eigenvalue weighted by molar-refractivity contribution is 5.35. The molecule has 3 nitrogen and oxygen atoms in total. The van der Waals surface area contributed by atoms with Crippen LogP contribution in [0, 0.1) is 6.92 Å². The van der Waals surface area contributed by atoms with E-state index in [2.05, 4.69) is 43.1 Å². The monoisotopic (exact) mass is 284 g/mol. The highest BCUT2D eigenvalue weighted by atomic mass is 16.3. The molecule has 2 rings (SSSR count). The van der Waals surface area contributed by atoms with Crippen LogP contribution in [0.1, 0.15) is 61.9 Å². The van der Waals surface area contributed by atoms with Gasteiger partial charge in [0.2, 0.25) is 0 Å². The molecule has 0 aliphatic heterocycles. The number of aliphatic hydroxyl groups is 1. The quantitative estimate of drug-likeness (QED) is 0.934. The number of benzene rings is 1. The standard InChI is InChI=1S/C18H24N2O/c1-6-16-15(11-12(2)19-20-16)17(21)13-7-9-14(10-8-13)18(3,4)5/h7-11,17,21H,6H2,1-5H3. The van der Waals surface area contributed by atoms with Crippen molar-refractivity contribution in [3.8, 4) is 0 Å². The Balaban J connectivity index is 2.36. The van der Waals surface area contributed by atoms with E-state index in [1.54, 1.807) is 0 Å². The molecule has 2 aromatic rings. The van der Waals surface area contributed by atoms with Crippen molar-refractivity contribution in [1.82, 2.24) is 10.2 Å². The Kier molecular flexibility index (Phi) is 4.43. The van der Waals surface area contributed by atoms with E-state index >= 15 is 0 Å². The van der Waals surface area contributed by atoms with Crippen LogP contribution in [0.25, 0.3) is 0 Å². The second kappa shape index (κ2) is 5.94. The second-order valence-electron chi connectivity index (χ2n) is 6.52. The van der Waals surface area contributed by atoms with Crippen molar-refractivity contribution >= 4 is 0 Å². The van der Waals surface area contributed by atoms with Crippen LogP contribution in [0.15, 0.2) is 30.3 Å². The highest BCUT2D eigenvalue weighted by Crippen LogP contribution is 2.28. The summed E-state index contributed by atoms with van der Waals surface area (Å²) < 4.78 is 0. The molecule has 1 aromatic carbocycles. The van der Waals surface area contributed by atoms with Gasteiger partial charge in [0, 0.05) is 5.56 Å². The van der Waals surface area contributed by atoms with E-state index in [9.17, 15) is 5.11 Å². The Bertz CT molecular complexity index is 612. The van der Waals surface area contributed by atoms with Crippen molar-refractivity contribution in [3.63, 3.8) is 0 Å². The zero-order chi connectivity index (χ0) is 15.6. The first kappa shape index (κ1) is 15.6. The molecule has 1 aromatic heterocycles. The van der Waals surface area contributed by atoms with E-state index in [0.717, 1.165) is 28.9 Å². The summed E-state index contributed by atoms with van der Waals surface area (Å²) in [6, 6.07) is 10.1. The fraction of sp³-hybridized carbons (Fsp3) is 0.444. The molecule has 0 bridgehead atoms. The molecule has 0 aliphatic rings. The predicted molar refractivity (Wildman–Crippen MR) is 85.4 cm³/mol.